The maximum absolute atomic E-state index is 11.0. The quantitative estimate of drug-likeness (QED) is 0.720. The standard InChI is InChI=1S/C12H24N2O2/c1-10(2)13-11(12(15)16)6-9-14-7-4-3-5-8-14/h10-11,13H,3-9H2,1-2H3,(H,15,16). The Balaban J connectivity index is 2.28. The van der Waals surface area contributed by atoms with Crippen LogP contribution in [0, 0.1) is 0 Å². The Morgan fingerprint density at radius 2 is 1.94 bits per heavy atom. The molecule has 1 aliphatic heterocycles. The third kappa shape index (κ3) is 4.94. The average Bonchev–Trinajstić information content (AvgIpc) is 2.25. The van der Waals surface area contributed by atoms with E-state index in [1.807, 2.05) is 13.8 Å². The zero-order valence-electron chi connectivity index (χ0n) is 10.4. The normalized spacial score (nSPS) is 19.9. The molecule has 0 aromatic heterocycles. The second kappa shape index (κ2) is 6.86. The molecule has 0 aromatic carbocycles. The van der Waals surface area contributed by atoms with Gasteiger partial charge in [0.2, 0.25) is 0 Å². The van der Waals surface area contributed by atoms with Gasteiger partial charge >= 0.3 is 5.97 Å². The molecule has 94 valence electrons. The van der Waals surface area contributed by atoms with Crippen molar-refractivity contribution in [3.8, 4) is 0 Å². The van der Waals surface area contributed by atoms with Gasteiger partial charge in [-0.3, -0.25) is 4.79 Å². The Bertz CT molecular complexity index is 213. The van der Waals surface area contributed by atoms with E-state index in [0.717, 1.165) is 19.6 Å². The highest BCUT2D eigenvalue weighted by molar-refractivity contribution is 5.73. The Morgan fingerprint density at radius 3 is 2.44 bits per heavy atom. The van der Waals surface area contributed by atoms with Crippen molar-refractivity contribution in [3.63, 3.8) is 0 Å². The summed E-state index contributed by atoms with van der Waals surface area (Å²) in [7, 11) is 0. The number of hydrogen-bond donors (Lipinski definition) is 2. The number of nitrogens with one attached hydrogen (secondary N) is 1. The molecule has 2 N–H and O–H groups in total. The second-order valence-electron chi connectivity index (χ2n) is 4.90. The SMILES string of the molecule is CC(C)NC(CCN1CCCCC1)C(=O)O. The molecule has 1 aliphatic rings. The first kappa shape index (κ1) is 13.5. The van der Waals surface area contributed by atoms with Gasteiger partial charge in [-0.05, 0) is 32.4 Å². The van der Waals surface area contributed by atoms with Crippen LogP contribution in [0.2, 0.25) is 0 Å². The number of hydrogen-bond acceptors (Lipinski definition) is 3. The van der Waals surface area contributed by atoms with E-state index in [-0.39, 0.29) is 6.04 Å². The van der Waals surface area contributed by atoms with Crippen LogP contribution < -0.4 is 5.32 Å². The molecule has 0 aromatic rings. The summed E-state index contributed by atoms with van der Waals surface area (Å²) in [4.78, 5) is 13.4. The smallest absolute Gasteiger partial charge is 0.320 e. The van der Waals surface area contributed by atoms with E-state index < -0.39 is 12.0 Å². The number of carboxylic acid groups (broad SMARTS) is 1. The first-order valence-electron chi connectivity index (χ1n) is 6.31. The Labute approximate surface area is 98.0 Å². The van der Waals surface area contributed by atoms with Crippen molar-refractivity contribution in [1.82, 2.24) is 10.2 Å². The number of carboxylic acids is 1. The van der Waals surface area contributed by atoms with Gasteiger partial charge in [0.25, 0.3) is 0 Å². The molecule has 1 heterocycles. The molecule has 0 aliphatic carbocycles. The summed E-state index contributed by atoms with van der Waals surface area (Å²) >= 11 is 0. The first-order chi connectivity index (χ1) is 7.59. The van der Waals surface area contributed by atoms with Gasteiger partial charge in [-0.2, -0.15) is 0 Å². The number of likely N-dealkylation sites (tertiary alicyclic amines) is 1. The zero-order valence-corrected chi connectivity index (χ0v) is 10.4. The number of rotatable bonds is 6. The number of piperidine rings is 1. The molecule has 0 amide bonds. The number of aliphatic carboxylic acids is 1. The fourth-order valence-electron chi connectivity index (χ4n) is 2.18. The summed E-state index contributed by atoms with van der Waals surface area (Å²) in [5, 5.41) is 12.2. The molecular weight excluding hydrogens is 204 g/mol. The van der Waals surface area contributed by atoms with Gasteiger partial charge in [-0.25, -0.2) is 0 Å². The van der Waals surface area contributed by atoms with Crippen molar-refractivity contribution in [2.75, 3.05) is 19.6 Å². The van der Waals surface area contributed by atoms with Crippen LogP contribution in [0.15, 0.2) is 0 Å². The molecule has 16 heavy (non-hydrogen) atoms. The van der Waals surface area contributed by atoms with Crippen LogP contribution in [0.25, 0.3) is 0 Å². The maximum Gasteiger partial charge on any atom is 0.320 e. The lowest BCUT2D eigenvalue weighted by Crippen LogP contribution is -2.43. The van der Waals surface area contributed by atoms with Crippen molar-refractivity contribution in [2.45, 2.75) is 51.6 Å². The molecule has 0 radical (unpaired) electrons. The van der Waals surface area contributed by atoms with Crippen LogP contribution in [0.5, 0.6) is 0 Å². The highest BCUT2D eigenvalue weighted by Crippen LogP contribution is 2.09. The van der Waals surface area contributed by atoms with Gasteiger partial charge in [0.1, 0.15) is 6.04 Å². The van der Waals surface area contributed by atoms with E-state index in [1.54, 1.807) is 0 Å². The lowest BCUT2D eigenvalue weighted by Gasteiger charge is -2.28. The van der Waals surface area contributed by atoms with Crippen LogP contribution in [-0.4, -0.2) is 47.7 Å². The predicted molar refractivity (Wildman–Crippen MR) is 64.6 cm³/mol. The summed E-state index contributed by atoms with van der Waals surface area (Å²) in [5.41, 5.74) is 0. The highest BCUT2D eigenvalue weighted by atomic mass is 16.4. The monoisotopic (exact) mass is 228 g/mol. The molecule has 0 spiro atoms. The van der Waals surface area contributed by atoms with Gasteiger partial charge in [0, 0.05) is 12.6 Å². The Morgan fingerprint density at radius 1 is 1.31 bits per heavy atom. The summed E-state index contributed by atoms with van der Waals surface area (Å²) in [6.45, 7) is 7.13. The molecule has 0 bridgehead atoms. The molecule has 4 nitrogen and oxygen atoms in total. The minimum Gasteiger partial charge on any atom is -0.480 e. The Kier molecular flexibility index (Phi) is 5.77. The molecular formula is C12H24N2O2. The molecule has 1 rings (SSSR count). The van der Waals surface area contributed by atoms with E-state index in [2.05, 4.69) is 10.2 Å². The minimum absolute atomic E-state index is 0.224. The van der Waals surface area contributed by atoms with Gasteiger partial charge in [0.15, 0.2) is 0 Å². The van der Waals surface area contributed by atoms with E-state index in [4.69, 9.17) is 5.11 Å². The molecule has 4 heteroatoms. The van der Waals surface area contributed by atoms with Gasteiger partial charge < -0.3 is 15.3 Å². The van der Waals surface area contributed by atoms with Crippen LogP contribution in [0.1, 0.15) is 39.5 Å². The number of carbonyl (C=O) groups is 1. The lowest BCUT2D eigenvalue weighted by molar-refractivity contribution is -0.140. The van der Waals surface area contributed by atoms with E-state index >= 15 is 0 Å². The predicted octanol–water partition coefficient (Wildman–Crippen LogP) is 1.31. The van der Waals surface area contributed by atoms with Gasteiger partial charge in [-0.1, -0.05) is 20.3 Å². The second-order valence-corrected chi connectivity index (χ2v) is 4.90. The number of nitrogens with zero attached hydrogens (tertiary/aromatic N) is 1. The van der Waals surface area contributed by atoms with Crippen LogP contribution in [0.3, 0.4) is 0 Å². The van der Waals surface area contributed by atoms with Gasteiger partial charge in [0.05, 0.1) is 0 Å². The van der Waals surface area contributed by atoms with Crippen LogP contribution >= 0.6 is 0 Å². The summed E-state index contributed by atoms with van der Waals surface area (Å²) < 4.78 is 0. The van der Waals surface area contributed by atoms with Crippen molar-refractivity contribution in [2.24, 2.45) is 0 Å². The molecule has 1 saturated heterocycles. The van der Waals surface area contributed by atoms with Crippen LogP contribution in [0.4, 0.5) is 0 Å². The molecule has 1 unspecified atom stereocenters. The van der Waals surface area contributed by atoms with Crippen LogP contribution in [-0.2, 0) is 4.79 Å². The third-order valence-electron chi connectivity index (χ3n) is 3.02. The summed E-state index contributed by atoms with van der Waals surface area (Å²) in [6.07, 6.45) is 4.54. The van der Waals surface area contributed by atoms with E-state index in [1.165, 1.54) is 19.3 Å². The van der Waals surface area contributed by atoms with Gasteiger partial charge in [-0.15, -0.1) is 0 Å². The first-order valence-corrected chi connectivity index (χ1v) is 6.31. The van der Waals surface area contributed by atoms with E-state index in [0.29, 0.717) is 6.42 Å². The molecule has 1 fully saturated rings. The Hall–Kier alpha value is -0.610. The van der Waals surface area contributed by atoms with Crippen molar-refractivity contribution in [3.05, 3.63) is 0 Å². The minimum atomic E-state index is -0.731. The topological polar surface area (TPSA) is 52.6 Å². The maximum atomic E-state index is 11.0. The van der Waals surface area contributed by atoms with Crippen molar-refractivity contribution >= 4 is 5.97 Å². The van der Waals surface area contributed by atoms with Crippen molar-refractivity contribution < 1.29 is 9.90 Å². The largest absolute Gasteiger partial charge is 0.480 e. The van der Waals surface area contributed by atoms with E-state index in [9.17, 15) is 4.79 Å². The highest BCUT2D eigenvalue weighted by Gasteiger charge is 2.19. The third-order valence-corrected chi connectivity index (χ3v) is 3.02. The lowest BCUT2D eigenvalue weighted by atomic mass is 10.1. The summed E-state index contributed by atoms with van der Waals surface area (Å²) in [5.74, 6) is -0.731. The fourth-order valence-corrected chi connectivity index (χ4v) is 2.18. The summed E-state index contributed by atoms with van der Waals surface area (Å²) in [6, 6.07) is -0.176. The fraction of sp³-hybridized carbons (Fsp3) is 0.917. The average molecular weight is 228 g/mol. The molecule has 0 saturated carbocycles. The van der Waals surface area contributed by atoms with Crippen molar-refractivity contribution in [1.29, 1.82) is 0 Å². The zero-order chi connectivity index (χ0) is 12.0. The molecule has 1 atom stereocenters.